The minimum atomic E-state index is -0.348. The van der Waals surface area contributed by atoms with E-state index in [1.165, 1.54) is 16.7 Å². The molecule has 0 unspecified atom stereocenters. The summed E-state index contributed by atoms with van der Waals surface area (Å²) in [7, 11) is 0. The third kappa shape index (κ3) is 1.52. The lowest BCUT2D eigenvalue weighted by Crippen LogP contribution is -1.94. The molecule has 0 aliphatic rings. The zero-order chi connectivity index (χ0) is 11.8. The molecule has 0 amide bonds. The van der Waals surface area contributed by atoms with Gasteiger partial charge in [-0.15, -0.1) is 0 Å². The molecule has 2 N–H and O–H groups in total. The van der Waals surface area contributed by atoms with Crippen molar-refractivity contribution in [3.8, 4) is 11.3 Å². The van der Waals surface area contributed by atoms with Crippen LogP contribution in [-0.4, -0.2) is 14.4 Å². The Labute approximate surface area is 96.6 Å². The van der Waals surface area contributed by atoms with Gasteiger partial charge in [0.25, 0.3) is 0 Å². The second kappa shape index (κ2) is 3.55. The van der Waals surface area contributed by atoms with Crippen molar-refractivity contribution in [2.45, 2.75) is 0 Å². The van der Waals surface area contributed by atoms with E-state index in [1.807, 2.05) is 6.07 Å². The molecule has 84 valence electrons. The smallest absolute Gasteiger partial charge is 0.140 e. The van der Waals surface area contributed by atoms with Gasteiger partial charge in [0.2, 0.25) is 0 Å². The molecular formula is C12H9FN4. The van der Waals surface area contributed by atoms with E-state index >= 15 is 0 Å². The fourth-order valence-electron chi connectivity index (χ4n) is 1.75. The molecule has 0 saturated heterocycles. The topological polar surface area (TPSA) is 56.2 Å². The zero-order valence-electron chi connectivity index (χ0n) is 8.84. The second-order valence-electron chi connectivity index (χ2n) is 3.66. The number of pyridine rings is 2. The highest BCUT2D eigenvalue weighted by molar-refractivity contribution is 5.74. The Morgan fingerprint density at radius 2 is 2.12 bits per heavy atom. The second-order valence-corrected chi connectivity index (χ2v) is 3.66. The van der Waals surface area contributed by atoms with Crippen LogP contribution in [0.25, 0.3) is 16.9 Å². The Morgan fingerprint density at radius 3 is 2.88 bits per heavy atom. The molecule has 0 aromatic carbocycles. The third-order valence-electron chi connectivity index (χ3n) is 2.55. The number of halogens is 1. The molecule has 0 fully saturated rings. The van der Waals surface area contributed by atoms with Crippen LogP contribution in [0, 0.1) is 5.82 Å². The van der Waals surface area contributed by atoms with Gasteiger partial charge in [0.15, 0.2) is 0 Å². The van der Waals surface area contributed by atoms with Crippen LogP contribution in [0.1, 0.15) is 0 Å². The van der Waals surface area contributed by atoms with E-state index in [1.54, 1.807) is 24.5 Å². The predicted molar refractivity (Wildman–Crippen MR) is 62.8 cm³/mol. The summed E-state index contributed by atoms with van der Waals surface area (Å²) < 4.78 is 14.6. The summed E-state index contributed by atoms with van der Waals surface area (Å²) in [6.45, 7) is 0. The van der Waals surface area contributed by atoms with E-state index in [0.717, 1.165) is 5.56 Å². The summed E-state index contributed by atoms with van der Waals surface area (Å²) in [5.74, 6) is 0.0619. The van der Waals surface area contributed by atoms with Crippen LogP contribution in [0.15, 0.2) is 42.9 Å². The zero-order valence-corrected chi connectivity index (χ0v) is 8.84. The largest absolute Gasteiger partial charge is 0.383 e. The van der Waals surface area contributed by atoms with E-state index in [0.29, 0.717) is 17.2 Å². The number of hydrogen-bond donors (Lipinski definition) is 1. The van der Waals surface area contributed by atoms with Crippen LogP contribution < -0.4 is 5.73 Å². The number of nitrogens with two attached hydrogens (primary N) is 1. The van der Waals surface area contributed by atoms with Crippen molar-refractivity contribution in [3.05, 3.63) is 48.7 Å². The van der Waals surface area contributed by atoms with E-state index in [9.17, 15) is 4.39 Å². The van der Waals surface area contributed by atoms with Crippen molar-refractivity contribution in [2.75, 3.05) is 5.73 Å². The molecule has 0 aliphatic heterocycles. The summed E-state index contributed by atoms with van der Waals surface area (Å²) >= 11 is 0. The molecule has 0 spiro atoms. The number of anilines is 1. The highest BCUT2D eigenvalue weighted by Gasteiger charge is 2.11. The van der Waals surface area contributed by atoms with Crippen LogP contribution >= 0.6 is 0 Å². The number of fused-ring (bicyclic) bond motifs is 1. The quantitative estimate of drug-likeness (QED) is 0.694. The molecule has 0 bridgehead atoms. The SMILES string of the molecule is Nc1c(-c2cccnc2)nc2ccc(F)cn12. The molecule has 3 heterocycles. The first-order valence-corrected chi connectivity index (χ1v) is 5.09. The Kier molecular flexibility index (Phi) is 2.04. The first kappa shape index (κ1) is 9.77. The number of imidazole rings is 1. The average molecular weight is 228 g/mol. The average Bonchev–Trinajstić information content (AvgIpc) is 2.68. The number of nitrogens with zero attached hydrogens (tertiary/aromatic N) is 3. The number of hydrogen-bond acceptors (Lipinski definition) is 3. The summed E-state index contributed by atoms with van der Waals surface area (Å²) in [6.07, 6.45) is 4.67. The van der Waals surface area contributed by atoms with Gasteiger partial charge in [-0.05, 0) is 24.3 Å². The van der Waals surface area contributed by atoms with Gasteiger partial charge in [0, 0.05) is 24.2 Å². The Balaban J connectivity index is 2.28. The van der Waals surface area contributed by atoms with E-state index < -0.39 is 0 Å². The number of aromatic nitrogens is 3. The van der Waals surface area contributed by atoms with Gasteiger partial charge in [0.05, 0.1) is 0 Å². The summed E-state index contributed by atoms with van der Waals surface area (Å²) in [6, 6.07) is 6.61. The van der Waals surface area contributed by atoms with Gasteiger partial charge >= 0.3 is 0 Å². The highest BCUT2D eigenvalue weighted by Crippen LogP contribution is 2.25. The molecule has 3 aromatic rings. The lowest BCUT2D eigenvalue weighted by atomic mass is 10.2. The molecule has 0 radical (unpaired) electrons. The minimum Gasteiger partial charge on any atom is -0.383 e. The van der Waals surface area contributed by atoms with Crippen molar-refractivity contribution in [1.29, 1.82) is 0 Å². The lowest BCUT2D eigenvalue weighted by Gasteiger charge is -1.98. The molecule has 3 aromatic heterocycles. The molecular weight excluding hydrogens is 219 g/mol. The highest BCUT2D eigenvalue weighted by atomic mass is 19.1. The van der Waals surface area contributed by atoms with Crippen molar-refractivity contribution >= 4 is 11.5 Å². The van der Waals surface area contributed by atoms with Gasteiger partial charge in [0.1, 0.15) is 23.0 Å². The molecule has 3 rings (SSSR count). The van der Waals surface area contributed by atoms with Gasteiger partial charge in [-0.25, -0.2) is 9.37 Å². The molecule has 0 saturated carbocycles. The molecule has 5 heteroatoms. The van der Waals surface area contributed by atoms with Gasteiger partial charge in [-0.3, -0.25) is 9.38 Å². The predicted octanol–water partition coefficient (Wildman–Crippen LogP) is 2.12. The number of rotatable bonds is 1. The Hall–Kier alpha value is -2.43. The maximum atomic E-state index is 13.1. The minimum absolute atomic E-state index is 0.348. The Bertz CT molecular complexity index is 676. The van der Waals surface area contributed by atoms with Gasteiger partial charge < -0.3 is 5.73 Å². The lowest BCUT2D eigenvalue weighted by molar-refractivity contribution is 0.619. The van der Waals surface area contributed by atoms with Crippen molar-refractivity contribution in [2.24, 2.45) is 0 Å². The van der Waals surface area contributed by atoms with E-state index in [2.05, 4.69) is 9.97 Å². The van der Waals surface area contributed by atoms with Gasteiger partial charge in [-0.2, -0.15) is 0 Å². The molecule has 0 atom stereocenters. The number of nitrogen functional groups attached to an aromatic ring is 1. The monoisotopic (exact) mass is 228 g/mol. The van der Waals surface area contributed by atoms with Gasteiger partial charge in [-0.1, -0.05) is 0 Å². The standard InChI is InChI=1S/C12H9FN4/c13-9-3-4-10-16-11(12(14)17(10)7-9)8-2-1-5-15-6-8/h1-7H,14H2. The van der Waals surface area contributed by atoms with Crippen molar-refractivity contribution in [1.82, 2.24) is 14.4 Å². The normalized spacial score (nSPS) is 10.9. The fraction of sp³-hybridized carbons (Fsp3) is 0. The maximum Gasteiger partial charge on any atom is 0.140 e. The van der Waals surface area contributed by atoms with Crippen LogP contribution in [-0.2, 0) is 0 Å². The fourth-order valence-corrected chi connectivity index (χ4v) is 1.75. The summed E-state index contributed by atoms with van der Waals surface area (Å²) in [4.78, 5) is 8.37. The van der Waals surface area contributed by atoms with Crippen LogP contribution in [0.2, 0.25) is 0 Å². The van der Waals surface area contributed by atoms with Crippen molar-refractivity contribution in [3.63, 3.8) is 0 Å². The summed E-state index contributed by atoms with van der Waals surface area (Å²) in [5, 5.41) is 0. The first-order valence-electron chi connectivity index (χ1n) is 5.09. The van der Waals surface area contributed by atoms with E-state index in [4.69, 9.17) is 5.73 Å². The van der Waals surface area contributed by atoms with Crippen molar-refractivity contribution < 1.29 is 4.39 Å². The molecule has 4 nitrogen and oxygen atoms in total. The van der Waals surface area contributed by atoms with Crippen LogP contribution in [0.5, 0.6) is 0 Å². The first-order chi connectivity index (χ1) is 8.25. The Morgan fingerprint density at radius 1 is 1.24 bits per heavy atom. The third-order valence-corrected chi connectivity index (χ3v) is 2.55. The van der Waals surface area contributed by atoms with E-state index in [-0.39, 0.29) is 5.82 Å². The molecule has 17 heavy (non-hydrogen) atoms. The summed E-state index contributed by atoms with van der Waals surface area (Å²) in [5.41, 5.74) is 7.99. The maximum absolute atomic E-state index is 13.1. The van der Waals surface area contributed by atoms with Crippen LogP contribution in [0.4, 0.5) is 10.2 Å². The molecule has 0 aliphatic carbocycles. The van der Waals surface area contributed by atoms with Crippen LogP contribution in [0.3, 0.4) is 0 Å².